The van der Waals surface area contributed by atoms with Crippen LogP contribution in [-0.2, 0) is 11.2 Å². The molecule has 1 saturated heterocycles. The Bertz CT molecular complexity index is 880. The number of piperazine rings is 1. The SMILES string of the molecule is COc1cccc(N2CCN3c4ccccc4C[C@@H](C(=O)NC4CC4)[C@@H]3C2)c1. The van der Waals surface area contributed by atoms with E-state index >= 15 is 0 Å². The molecule has 2 aliphatic heterocycles. The minimum atomic E-state index is -0.0103. The highest BCUT2D eigenvalue weighted by atomic mass is 16.5. The third kappa shape index (κ3) is 3.19. The number of fused-ring (bicyclic) bond motifs is 3. The number of benzene rings is 2. The van der Waals surface area contributed by atoms with Crippen molar-refractivity contribution < 1.29 is 9.53 Å². The van der Waals surface area contributed by atoms with Crippen LogP contribution in [-0.4, -0.2) is 44.7 Å². The van der Waals surface area contributed by atoms with Gasteiger partial charge in [-0.05, 0) is 43.0 Å². The summed E-state index contributed by atoms with van der Waals surface area (Å²) in [4.78, 5) is 17.9. The molecule has 1 amide bonds. The lowest BCUT2D eigenvalue weighted by molar-refractivity contribution is -0.126. The molecule has 146 valence electrons. The van der Waals surface area contributed by atoms with Gasteiger partial charge < -0.3 is 19.9 Å². The molecule has 3 aliphatic rings. The number of methoxy groups -OCH3 is 1. The zero-order valence-electron chi connectivity index (χ0n) is 16.3. The van der Waals surface area contributed by atoms with Crippen molar-refractivity contribution in [3.8, 4) is 5.75 Å². The highest BCUT2D eigenvalue weighted by Crippen LogP contribution is 2.37. The first kappa shape index (κ1) is 17.4. The molecule has 0 bridgehead atoms. The number of anilines is 2. The quantitative estimate of drug-likeness (QED) is 0.890. The summed E-state index contributed by atoms with van der Waals surface area (Å²) in [5.74, 6) is 1.08. The van der Waals surface area contributed by atoms with E-state index in [9.17, 15) is 4.79 Å². The summed E-state index contributed by atoms with van der Waals surface area (Å²) in [6.45, 7) is 2.71. The highest BCUT2D eigenvalue weighted by molar-refractivity contribution is 5.83. The number of amides is 1. The number of nitrogens with zero attached hydrogens (tertiary/aromatic N) is 2. The van der Waals surface area contributed by atoms with E-state index in [0.29, 0.717) is 6.04 Å². The van der Waals surface area contributed by atoms with Crippen molar-refractivity contribution in [3.63, 3.8) is 0 Å². The molecule has 1 N–H and O–H groups in total. The lowest BCUT2D eigenvalue weighted by atomic mass is 9.83. The van der Waals surface area contributed by atoms with E-state index < -0.39 is 0 Å². The van der Waals surface area contributed by atoms with Crippen LogP contribution in [0.15, 0.2) is 48.5 Å². The first-order valence-corrected chi connectivity index (χ1v) is 10.3. The average Bonchev–Trinajstić information content (AvgIpc) is 3.56. The van der Waals surface area contributed by atoms with Crippen molar-refractivity contribution in [1.29, 1.82) is 0 Å². The maximum atomic E-state index is 13.1. The van der Waals surface area contributed by atoms with Crippen LogP contribution in [0.4, 0.5) is 11.4 Å². The lowest BCUT2D eigenvalue weighted by Crippen LogP contribution is -2.61. The number of nitrogens with one attached hydrogen (secondary N) is 1. The van der Waals surface area contributed by atoms with Crippen molar-refractivity contribution in [2.24, 2.45) is 5.92 Å². The Morgan fingerprint density at radius 3 is 2.79 bits per heavy atom. The van der Waals surface area contributed by atoms with Crippen molar-refractivity contribution in [2.75, 3.05) is 36.5 Å². The normalized spacial score (nSPS) is 23.6. The van der Waals surface area contributed by atoms with E-state index in [0.717, 1.165) is 44.6 Å². The smallest absolute Gasteiger partial charge is 0.225 e. The number of ether oxygens (including phenoxy) is 1. The molecule has 2 heterocycles. The second kappa shape index (κ2) is 7.04. The van der Waals surface area contributed by atoms with Gasteiger partial charge in [0.2, 0.25) is 5.91 Å². The Balaban J connectivity index is 1.44. The van der Waals surface area contributed by atoms with Gasteiger partial charge in [-0.1, -0.05) is 24.3 Å². The number of hydrogen-bond donors (Lipinski definition) is 1. The maximum Gasteiger partial charge on any atom is 0.225 e. The third-order valence-corrected chi connectivity index (χ3v) is 6.30. The Morgan fingerprint density at radius 1 is 1.11 bits per heavy atom. The molecule has 1 saturated carbocycles. The molecule has 2 aromatic rings. The average molecular weight is 377 g/mol. The van der Waals surface area contributed by atoms with E-state index in [1.165, 1.54) is 16.9 Å². The molecule has 0 spiro atoms. The molecule has 0 aromatic heterocycles. The van der Waals surface area contributed by atoms with Crippen LogP contribution in [0.25, 0.3) is 0 Å². The first-order chi connectivity index (χ1) is 13.7. The Morgan fingerprint density at radius 2 is 1.96 bits per heavy atom. The summed E-state index contributed by atoms with van der Waals surface area (Å²) in [5.41, 5.74) is 3.76. The zero-order valence-corrected chi connectivity index (χ0v) is 16.3. The van der Waals surface area contributed by atoms with Crippen molar-refractivity contribution in [1.82, 2.24) is 5.32 Å². The summed E-state index contributed by atoms with van der Waals surface area (Å²) in [5, 5.41) is 3.26. The van der Waals surface area contributed by atoms with Crippen LogP contribution >= 0.6 is 0 Å². The largest absolute Gasteiger partial charge is 0.497 e. The number of rotatable bonds is 4. The van der Waals surface area contributed by atoms with Crippen molar-refractivity contribution >= 4 is 17.3 Å². The van der Waals surface area contributed by atoms with E-state index in [4.69, 9.17) is 4.74 Å². The number of carbonyl (C=O) groups is 1. The fraction of sp³-hybridized carbons (Fsp3) is 0.435. The van der Waals surface area contributed by atoms with E-state index in [1.807, 2.05) is 12.1 Å². The summed E-state index contributed by atoms with van der Waals surface area (Å²) >= 11 is 0. The molecule has 2 atom stereocenters. The van der Waals surface area contributed by atoms with Crippen molar-refractivity contribution in [3.05, 3.63) is 54.1 Å². The molecule has 5 heteroatoms. The minimum Gasteiger partial charge on any atom is -0.497 e. The summed E-state index contributed by atoms with van der Waals surface area (Å²) in [6.07, 6.45) is 3.07. The number of para-hydroxylation sites is 1. The predicted octanol–water partition coefficient (Wildman–Crippen LogP) is 2.84. The summed E-state index contributed by atoms with van der Waals surface area (Å²) < 4.78 is 5.41. The molecule has 0 unspecified atom stereocenters. The van der Waals surface area contributed by atoms with Crippen LogP contribution < -0.4 is 19.9 Å². The van der Waals surface area contributed by atoms with Gasteiger partial charge in [-0.3, -0.25) is 4.79 Å². The van der Waals surface area contributed by atoms with Gasteiger partial charge in [0.1, 0.15) is 5.75 Å². The highest BCUT2D eigenvalue weighted by Gasteiger charge is 2.42. The summed E-state index contributed by atoms with van der Waals surface area (Å²) in [6, 6.07) is 17.4. The first-order valence-electron chi connectivity index (χ1n) is 10.3. The van der Waals surface area contributed by atoms with E-state index in [-0.39, 0.29) is 17.9 Å². The van der Waals surface area contributed by atoms with Gasteiger partial charge in [0.15, 0.2) is 0 Å². The molecule has 0 radical (unpaired) electrons. The molecule has 28 heavy (non-hydrogen) atoms. The van der Waals surface area contributed by atoms with Crippen LogP contribution in [0.1, 0.15) is 18.4 Å². The van der Waals surface area contributed by atoms with Gasteiger partial charge in [-0.2, -0.15) is 0 Å². The van der Waals surface area contributed by atoms with E-state index in [1.54, 1.807) is 7.11 Å². The van der Waals surface area contributed by atoms with Crippen LogP contribution in [0, 0.1) is 5.92 Å². The van der Waals surface area contributed by atoms with Gasteiger partial charge in [-0.15, -0.1) is 0 Å². The topological polar surface area (TPSA) is 44.8 Å². The zero-order chi connectivity index (χ0) is 19.1. The molecule has 5 nitrogen and oxygen atoms in total. The van der Waals surface area contributed by atoms with Gasteiger partial charge in [0, 0.05) is 43.1 Å². The second-order valence-corrected chi connectivity index (χ2v) is 8.13. The number of carbonyl (C=O) groups excluding carboxylic acids is 1. The second-order valence-electron chi connectivity index (χ2n) is 8.13. The molecular formula is C23H27N3O2. The standard InChI is InChI=1S/C23H27N3O2/c1-28-19-7-4-6-18(14-19)25-11-12-26-21-8-3-2-5-16(21)13-20(22(26)15-25)23(27)24-17-9-10-17/h2-8,14,17,20,22H,9-13,15H2,1H3,(H,24,27)/t20-,22+/m1/s1. The maximum absolute atomic E-state index is 13.1. The molecule has 1 aliphatic carbocycles. The fourth-order valence-electron chi connectivity index (χ4n) is 4.64. The monoisotopic (exact) mass is 377 g/mol. The van der Waals surface area contributed by atoms with E-state index in [2.05, 4.69) is 51.5 Å². The Kier molecular flexibility index (Phi) is 4.38. The van der Waals surface area contributed by atoms with Gasteiger partial charge in [-0.25, -0.2) is 0 Å². The minimum absolute atomic E-state index is 0.0103. The van der Waals surface area contributed by atoms with Crippen LogP contribution in [0.3, 0.4) is 0 Å². The Labute approximate surface area is 166 Å². The predicted molar refractivity (Wildman–Crippen MR) is 111 cm³/mol. The van der Waals surface area contributed by atoms with Gasteiger partial charge >= 0.3 is 0 Å². The third-order valence-electron chi connectivity index (χ3n) is 6.30. The summed E-state index contributed by atoms with van der Waals surface area (Å²) in [7, 11) is 1.70. The van der Waals surface area contributed by atoms with Gasteiger partial charge in [0.05, 0.1) is 19.1 Å². The van der Waals surface area contributed by atoms with Gasteiger partial charge in [0.25, 0.3) is 0 Å². The molecule has 2 aromatic carbocycles. The Hall–Kier alpha value is -2.69. The molecule has 5 rings (SSSR count). The fourth-order valence-corrected chi connectivity index (χ4v) is 4.64. The van der Waals surface area contributed by atoms with Crippen molar-refractivity contribution in [2.45, 2.75) is 31.3 Å². The van der Waals surface area contributed by atoms with Crippen LogP contribution in [0.5, 0.6) is 5.75 Å². The molecule has 2 fully saturated rings. The number of hydrogen-bond acceptors (Lipinski definition) is 4. The lowest BCUT2D eigenvalue weighted by Gasteiger charge is -2.49. The molecular weight excluding hydrogens is 350 g/mol. The van der Waals surface area contributed by atoms with Crippen LogP contribution in [0.2, 0.25) is 0 Å².